The largest absolute Gasteiger partial charge is 0.394 e. The highest BCUT2D eigenvalue weighted by atomic mass is 32.2. The Morgan fingerprint density at radius 2 is 2.20 bits per heavy atom. The SMILES string of the molecule is CCNC(CO)(CSCC1CCCO1)c1ccccc1. The van der Waals surface area contributed by atoms with Gasteiger partial charge in [0.15, 0.2) is 0 Å². The molecule has 2 unspecified atom stereocenters. The quantitative estimate of drug-likeness (QED) is 0.773. The fraction of sp³-hybridized carbons (Fsp3) is 0.625. The molecule has 1 fully saturated rings. The minimum absolute atomic E-state index is 0.114. The van der Waals surface area contributed by atoms with Crippen LogP contribution in [0.5, 0.6) is 0 Å². The van der Waals surface area contributed by atoms with E-state index in [1.165, 1.54) is 12.8 Å². The third-order valence-corrected chi connectivity index (χ3v) is 5.09. The van der Waals surface area contributed by atoms with Crippen LogP contribution >= 0.6 is 11.8 Å². The lowest BCUT2D eigenvalue weighted by molar-refractivity contribution is 0.128. The molecule has 2 atom stereocenters. The van der Waals surface area contributed by atoms with E-state index in [0.717, 1.165) is 30.2 Å². The minimum Gasteiger partial charge on any atom is -0.394 e. The molecule has 0 aliphatic carbocycles. The summed E-state index contributed by atoms with van der Waals surface area (Å²) in [6, 6.07) is 10.2. The Hall–Kier alpha value is -0.550. The van der Waals surface area contributed by atoms with Crippen LogP contribution in [0.3, 0.4) is 0 Å². The van der Waals surface area contributed by atoms with E-state index < -0.39 is 0 Å². The highest BCUT2D eigenvalue weighted by Crippen LogP contribution is 2.27. The highest BCUT2D eigenvalue weighted by Gasteiger charge is 2.31. The number of benzene rings is 1. The first-order valence-electron chi connectivity index (χ1n) is 7.41. The van der Waals surface area contributed by atoms with Gasteiger partial charge < -0.3 is 15.2 Å². The molecule has 3 nitrogen and oxygen atoms in total. The summed E-state index contributed by atoms with van der Waals surface area (Å²) in [7, 11) is 0. The van der Waals surface area contributed by atoms with Crippen LogP contribution < -0.4 is 5.32 Å². The second-order valence-corrected chi connectivity index (χ2v) is 6.32. The van der Waals surface area contributed by atoms with Crippen LogP contribution in [-0.4, -0.2) is 42.5 Å². The molecule has 1 aromatic rings. The molecule has 2 N–H and O–H groups in total. The number of aliphatic hydroxyl groups is 1. The number of hydrogen-bond acceptors (Lipinski definition) is 4. The molecular weight excluding hydrogens is 270 g/mol. The number of nitrogens with one attached hydrogen (secondary N) is 1. The molecule has 0 bridgehead atoms. The molecule has 1 aliphatic heterocycles. The molecule has 0 spiro atoms. The fourth-order valence-electron chi connectivity index (χ4n) is 2.67. The van der Waals surface area contributed by atoms with Gasteiger partial charge in [0.1, 0.15) is 0 Å². The van der Waals surface area contributed by atoms with Gasteiger partial charge in [-0.1, -0.05) is 37.3 Å². The van der Waals surface area contributed by atoms with E-state index >= 15 is 0 Å². The van der Waals surface area contributed by atoms with Crippen molar-refractivity contribution in [2.45, 2.75) is 31.4 Å². The zero-order valence-electron chi connectivity index (χ0n) is 12.2. The maximum atomic E-state index is 9.95. The molecule has 1 aromatic carbocycles. The van der Waals surface area contributed by atoms with Gasteiger partial charge in [-0.25, -0.2) is 0 Å². The molecule has 20 heavy (non-hydrogen) atoms. The van der Waals surface area contributed by atoms with Gasteiger partial charge in [-0.05, 0) is 24.9 Å². The van der Waals surface area contributed by atoms with Crippen molar-refractivity contribution >= 4 is 11.8 Å². The van der Waals surface area contributed by atoms with Crippen molar-refractivity contribution in [1.82, 2.24) is 5.32 Å². The summed E-state index contributed by atoms with van der Waals surface area (Å²) < 4.78 is 5.66. The van der Waals surface area contributed by atoms with Crippen molar-refractivity contribution in [3.8, 4) is 0 Å². The van der Waals surface area contributed by atoms with Crippen LogP contribution in [0.2, 0.25) is 0 Å². The number of thioether (sulfide) groups is 1. The van der Waals surface area contributed by atoms with E-state index in [1.807, 2.05) is 30.0 Å². The molecular formula is C16H25NO2S. The molecule has 1 heterocycles. The van der Waals surface area contributed by atoms with Gasteiger partial charge in [0.05, 0.1) is 18.2 Å². The summed E-state index contributed by atoms with van der Waals surface area (Å²) in [5, 5.41) is 13.4. The predicted octanol–water partition coefficient (Wildman–Crippen LogP) is 2.40. The van der Waals surface area contributed by atoms with E-state index in [-0.39, 0.29) is 12.1 Å². The summed E-state index contributed by atoms with van der Waals surface area (Å²) in [4.78, 5) is 0. The van der Waals surface area contributed by atoms with Crippen molar-refractivity contribution in [2.75, 3.05) is 31.3 Å². The molecule has 2 rings (SSSR count). The van der Waals surface area contributed by atoms with E-state index in [0.29, 0.717) is 6.10 Å². The minimum atomic E-state index is -0.348. The highest BCUT2D eigenvalue weighted by molar-refractivity contribution is 7.99. The topological polar surface area (TPSA) is 41.5 Å². The first kappa shape index (κ1) is 15.8. The Bertz CT molecular complexity index is 381. The van der Waals surface area contributed by atoms with Gasteiger partial charge >= 0.3 is 0 Å². The maximum absolute atomic E-state index is 9.95. The monoisotopic (exact) mass is 295 g/mol. The van der Waals surface area contributed by atoms with Crippen molar-refractivity contribution in [3.63, 3.8) is 0 Å². The summed E-state index contributed by atoms with van der Waals surface area (Å²) in [6.07, 6.45) is 2.75. The molecule has 0 amide bonds. The van der Waals surface area contributed by atoms with Gasteiger partial charge in [0.2, 0.25) is 0 Å². The zero-order chi connectivity index (χ0) is 14.3. The Morgan fingerprint density at radius 1 is 1.40 bits per heavy atom. The molecule has 112 valence electrons. The molecule has 4 heteroatoms. The van der Waals surface area contributed by atoms with Crippen molar-refractivity contribution in [1.29, 1.82) is 0 Å². The molecule has 1 aliphatic rings. The van der Waals surface area contributed by atoms with Crippen LogP contribution in [0, 0.1) is 0 Å². The Morgan fingerprint density at radius 3 is 2.80 bits per heavy atom. The first-order chi connectivity index (χ1) is 9.80. The standard InChI is InChI=1S/C16H25NO2S/c1-2-17-16(12-18,14-7-4-3-5-8-14)13-20-11-15-9-6-10-19-15/h3-5,7-8,15,17-18H,2,6,9-13H2,1H3. The van der Waals surface area contributed by atoms with E-state index in [9.17, 15) is 5.11 Å². The summed E-state index contributed by atoms with van der Waals surface area (Å²) >= 11 is 1.87. The zero-order valence-corrected chi connectivity index (χ0v) is 13.0. The van der Waals surface area contributed by atoms with Crippen molar-refractivity contribution < 1.29 is 9.84 Å². The Balaban J connectivity index is 1.98. The number of hydrogen-bond donors (Lipinski definition) is 2. The Labute approximate surface area is 126 Å². The predicted molar refractivity (Wildman–Crippen MR) is 85.2 cm³/mol. The number of likely N-dealkylation sites (N-methyl/N-ethyl adjacent to an activating group) is 1. The van der Waals surface area contributed by atoms with Gasteiger partial charge in [0, 0.05) is 18.1 Å². The van der Waals surface area contributed by atoms with Gasteiger partial charge in [-0.15, -0.1) is 0 Å². The smallest absolute Gasteiger partial charge is 0.0760 e. The van der Waals surface area contributed by atoms with Gasteiger partial charge in [0.25, 0.3) is 0 Å². The molecule has 0 aromatic heterocycles. The van der Waals surface area contributed by atoms with Gasteiger partial charge in [-0.3, -0.25) is 0 Å². The van der Waals surface area contributed by atoms with Crippen LogP contribution in [0.4, 0.5) is 0 Å². The van der Waals surface area contributed by atoms with E-state index in [2.05, 4.69) is 24.4 Å². The number of aliphatic hydroxyl groups excluding tert-OH is 1. The second kappa shape index (κ2) is 8.03. The lowest BCUT2D eigenvalue weighted by atomic mass is 9.92. The average Bonchev–Trinajstić information content (AvgIpc) is 3.00. The van der Waals surface area contributed by atoms with E-state index in [1.54, 1.807) is 0 Å². The van der Waals surface area contributed by atoms with E-state index in [4.69, 9.17) is 4.74 Å². The summed E-state index contributed by atoms with van der Waals surface area (Å²) in [6.45, 7) is 3.94. The Kier molecular flexibility index (Phi) is 6.36. The van der Waals surface area contributed by atoms with Crippen LogP contribution in [0.1, 0.15) is 25.3 Å². The number of rotatable bonds is 8. The van der Waals surface area contributed by atoms with Crippen molar-refractivity contribution in [2.24, 2.45) is 0 Å². The summed E-state index contributed by atoms with van der Waals surface area (Å²) in [5.41, 5.74) is 0.809. The lowest BCUT2D eigenvalue weighted by Crippen LogP contribution is -2.48. The number of ether oxygens (including phenoxy) is 1. The average molecular weight is 295 g/mol. The third-order valence-electron chi connectivity index (χ3n) is 3.79. The first-order valence-corrected chi connectivity index (χ1v) is 8.57. The molecule has 0 radical (unpaired) electrons. The lowest BCUT2D eigenvalue weighted by Gasteiger charge is -2.33. The normalized spacial score (nSPS) is 21.8. The molecule has 1 saturated heterocycles. The summed E-state index contributed by atoms with van der Waals surface area (Å²) in [5.74, 6) is 1.88. The maximum Gasteiger partial charge on any atom is 0.0760 e. The van der Waals surface area contributed by atoms with Crippen LogP contribution in [0.25, 0.3) is 0 Å². The van der Waals surface area contributed by atoms with Crippen LogP contribution in [-0.2, 0) is 10.3 Å². The second-order valence-electron chi connectivity index (χ2n) is 5.29. The van der Waals surface area contributed by atoms with Gasteiger partial charge in [-0.2, -0.15) is 11.8 Å². The van der Waals surface area contributed by atoms with Crippen LogP contribution in [0.15, 0.2) is 30.3 Å². The third kappa shape index (κ3) is 3.98. The van der Waals surface area contributed by atoms with Crippen molar-refractivity contribution in [3.05, 3.63) is 35.9 Å². The fourth-order valence-corrected chi connectivity index (χ4v) is 4.02. The molecule has 0 saturated carbocycles.